The van der Waals surface area contributed by atoms with Gasteiger partial charge in [-0.1, -0.05) is 6.07 Å². The molecule has 1 heterocycles. The Morgan fingerprint density at radius 2 is 2.25 bits per heavy atom. The largest absolute Gasteiger partial charge is 0.445 e. The Bertz CT molecular complexity index is 568. The van der Waals surface area contributed by atoms with E-state index in [1.807, 2.05) is 25.1 Å². The molecule has 0 saturated heterocycles. The number of hydrogen-bond acceptors (Lipinski definition) is 4. The molecule has 1 atom stereocenters. The molecule has 1 unspecified atom stereocenters. The zero-order valence-corrected chi connectivity index (χ0v) is 12.2. The van der Waals surface area contributed by atoms with Crippen LogP contribution in [0.4, 0.5) is 5.69 Å². The second-order valence-electron chi connectivity index (χ2n) is 4.60. The Labute approximate surface area is 124 Å². The molecule has 0 aliphatic rings. The number of aryl methyl sites for hydroxylation is 1. The van der Waals surface area contributed by atoms with Crippen LogP contribution in [0.3, 0.4) is 0 Å². The lowest BCUT2D eigenvalue weighted by Gasteiger charge is -2.09. The van der Waals surface area contributed by atoms with Crippen LogP contribution < -0.4 is 11.1 Å². The van der Waals surface area contributed by atoms with E-state index in [1.165, 1.54) is 6.26 Å². The molecule has 1 aromatic carbocycles. The number of nitrogens with two attached hydrogens (primary N) is 1. The van der Waals surface area contributed by atoms with Gasteiger partial charge in [-0.15, -0.1) is 12.4 Å². The van der Waals surface area contributed by atoms with E-state index in [2.05, 4.69) is 10.3 Å². The summed E-state index contributed by atoms with van der Waals surface area (Å²) in [5.74, 6) is 0.443. The molecule has 5 nitrogen and oxygen atoms in total. The van der Waals surface area contributed by atoms with Gasteiger partial charge in [-0.2, -0.15) is 0 Å². The molecule has 0 spiro atoms. The van der Waals surface area contributed by atoms with Crippen LogP contribution in [0.25, 0.3) is 11.5 Å². The van der Waals surface area contributed by atoms with Crippen LogP contribution in [0, 0.1) is 6.92 Å². The lowest BCUT2D eigenvalue weighted by Crippen LogP contribution is -2.23. The summed E-state index contributed by atoms with van der Waals surface area (Å²) in [6.45, 7) is 3.76. The van der Waals surface area contributed by atoms with Crippen molar-refractivity contribution in [2.24, 2.45) is 5.73 Å². The molecule has 108 valence electrons. The molecule has 1 amide bonds. The highest BCUT2D eigenvalue weighted by atomic mass is 35.5. The zero-order chi connectivity index (χ0) is 13.8. The molecule has 0 aliphatic carbocycles. The van der Waals surface area contributed by atoms with Gasteiger partial charge in [-0.3, -0.25) is 4.79 Å². The van der Waals surface area contributed by atoms with Crippen LogP contribution in [-0.4, -0.2) is 16.9 Å². The summed E-state index contributed by atoms with van der Waals surface area (Å²) in [7, 11) is 0. The summed E-state index contributed by atoms with van der Waals surface area (Å²) in [6.07, 6.45) is 3.41. The summed E-state index contributed by atoms with van der Waals surface area (Å²) >= 11 is 0. The summed E-state index contributed by atoms with van der Waals surface area (Å²) in [5, 5.41) is 2.81. The van der Waals surface area contributed by atoms with Gasteiger partial charge in [0.25, 0.3) is 0 Å². The van der Waals surface area contributed by atoms with E-state index in [1.54, 1.807) is 13.1 Å². The summed E-state index contributed by atoms with van der Waals surface area (Å²) in [6, 6.07) is 5.46. The highest BCUT2D eigenvalue weighted by molar-refractivity contribution is 5.91. The Balaban J connectivity index is 0.00000200. The number of hydrogen-bond donors (Lipinski definition) is 2. The van der Waals surface area contributed by atoms with Gasteiger partial charge in [0.05, 0.1) is 6.20 Å². The molecular formula is C14H18ClN3O2. The van der Waals surface area contributed by atoms with Crippen molar-refractivity contribution in [2.75, 3.05) is 5.32 Å². The average Bonchev–Trinajstić information content (AvgIpc) is 2.84. The van der Waals surface area contributed by atoms with E-state index in [0.29, 0.717) is 18.0 Å². The number of nitrogens with zero attached hydrogens (tertiary/aromatic N) is 1. The van der Waals surface area contributed by atoms with Crippen LogP contribution in [-0.2, 0) is 4.79 Å². The van der Waals surface area contributed by atoms with Crippen molar-refractivity contribution in [2.45, 2.75) is 26.3 Å². The van der Waals surface area contributed by atoms with Gasteiger partial charge < -0.3 is 15.5 Å². The standard InChI is InChI=1S/C14H17N3O2.ClH/c1-9-3-4-11(17-13(18)7-10(2)15)8-12(9)14-16-5-6-19-14;/h3-6,8,10H,7,15H2,1-2H3,(H,17,18);1H. The highest BCUT2D eigenvalue weighted by Crippen LogP contribution is 2.25. The molecule has 0 saturated carbocycles. The molecule has 1 aromatic heterocycles. The number of nitrogens with one attached hydrogen (secondary N) is 1. The monoisotopic (exact) mass is 295 g/mol. The first-order chi connectivity index (χ1) is 9.06. The number of benzene rings is 1. The molecule has 2 rings (SSSR count). The highest BCUT2D eigenvalue weighted by Gasteiger charge is 2.10. The third kappa shape index (κ3) is 4.08. The predicted octanol–water partition coefficient (Wildman–Crippen LogP) is 2.75. The number of halogens is 1. The molecule has 0 fully saturated rings. The first-order valence-electron chi connectivity index (χ1n) is 6.12. The average molecular weight is 296 g/mol. The molecular weight excluding hydrogens is 278 g/mol. The van der Waals surface area contributed by atoms with Crippen LogP contribution in [0.15, 0.2) is 35.1 Å². The van der Waals surface area contributed by atoms with Gasteiger partial charge in [0.2, 0.25) is 11.8 Å². The van der Waals surface area contributed by atoms with E-state index < -0.39 is 0 Å². The van der Waals surface area contributed by atoms with Gasteiger partial charge in [-0.05, 0) is 31.5 Å². The normalized spacial score (nSPS) is 11.6. The number of oxazole rings is 1. The van der Waals surface area contributed by atoms with Gasteiger partial charge >= 0.3 is 0 Å². The van der Waals surface area contributed by atoms with Crippen molar-refractivity contribution in [3.63, 3.8) is 0 Å². The summed E-state index contributed by atoms with van der Waals surface area (Å²) < 4.78 is 5.28. The first kappa shape index (κ1) is 16.2. The summed E-state index contributed by atoms with van der Waals surface area (Å²) in [5.41, 5.74) is 8.20. The van der Waals surface area contributed by atoms with Crippen molar-refractivity contribution in [1.29, 1.82) is 0 Å². The summed E-state index contributed by atoms with van der Waals surface area (Å²) in [4.78, 5) is 15.8. The topological polar surface area (TPSA) is 81.2 Å². The third-order valence-corrected chi connectivity index (χ3v) is 2.69. The van der Waals surface area contributed by atoms with Gasteiger partial charge in [0.15, 0.2) is 0 Å². The Morgan fingerprint density at radius 3 is 2.85 bits per heavy atom. The maximum absolute atomic E-state index is 11.7. The lowest BCUT2D eigenvalue weighted by atomic mass is 10.1. The van der Waals surface area contributed by atoms with Crippen molar-refractivity contribution in [3.8, 4) is 11.5 Å². The molecule has 0 bridgehead atoms. The van der Waals surface area contributed by atoms with Crippen LogP contribution >= 0.6 is 12.4 Å². The number of carbonyl (C=O) groups is 1. The van der Waals surface area contributed by atoms with Gasteiger partial charge in [-0.25, -0.2) is 4.98 Å². The maximum Gasteiger partial charge on any atom is 0.226 e. The molecule has 0 aliphatic heterocycles. The quantitative estimate of drug-likeness (QED) is 0.909. The molecule has 3 N–H and O–H groups in total. The van der Waals surface area contributed by atoms with E-state index >= 15 is 0 Å². The Kier molecular flexibility index (Phi) is 5.73. The van der Waals surface area contributed by atoms with Crippen molar-refractivity contribution in [1.82, 2.24) is 4.98 Å². The fraction of sp³-hybridized carbons (Fsp3) is 0.286. The molecule has 20 heavy (non-hydrogen) atoms. The number of aromatic nitrogens is 1. The number of amides is 1. The van der Waals surface area contributed by atoms with Crippen molar-refractivity contribution >= 4 is 24.0 Å². The Hall–Kier alpha value is -1.85. The fourth-order valence-corrected chi connectivity index (χ4v) is 1.79. The molecule has 0 radical (unpaired) electrons. The second-order valence-corrected chi connectivity index (χ2v) is 4.60. The van der Waals surface area contributed by atoms with E-state index in [4.69, 9.17) is 10.2 Å². The SMILES string of the molecule is Cc1ccc(NC(=O)CC(C)N)cc1-c1ncco1.Cl. The van der Waals surface area contributed by atoms with Gasteiger partial charge in [0, 0.05) is 23.7 Å². The predicted molar refractivity (Wildman–Crippen MR) is 80.8 cm³/mol. The van der Waals surface area contributed by atoms with Crippen LogP contribution in [0.5, 0.6) is 0 Å². The minimum absolute atomic E-state index is 0. The van der Waals surface area contributed by atoms with E-state index in [0.717, 1.165) is 11.1 Å². The minimum atomic E-state index is -0.156. The lowest BCUT2D eigenvalue weighted by molar-refractivity contribution is -0.116. The van der Waals surface area contributed by atoms with Crippen LogP contribution in [0.2, 0.25) is 0 Å². The second kappa shape index (κ2) is 7.07. The fourth-order valence-electron chi connectivity index (χ4n) is 1.79. The van der Waals surface area contributed by atoms with E-state index in [9.17, 15) is 4.79 Å². The maximum atomic E-state index is 11.7. The minimum Gasteiger partial charge on any atom is -0.445 e. The zero-order valence-electron chi connectivity index (χ0n) is 11.4. The van der Waals surface area contributed by atoms with Crippen molar-refractivity contribution in [3.05, 3.63) is 36.2 Å². The van der Waals surface area contributed by atoms with Crippen LogP contribution in [0.1, 0.15) is 18.9 Å². The number of carbonyl (C=O) groups excluding carboxylic acids is 1. The third-order valence-electron chi connectivity index (χ3n) is 2.69. The molecule has 6 heteroatoms. The molecule has 2 aromatic rings. The first-order valence-corrected chi connectivity index (χ1v) is 6.12. The number of rotatable bonds is 4. The smallest absolute Gasteiger partial charge is 0.226 e. The van der Waals surface area contributed by atoms with Crippen molar-refractivity contribution < 1.29 is 9.21 Å². The Morgan fingerprint density at radius 1 is 1.50 bits per heavy atom. The van der Waals surface area contributed by atoms with E-state index in [-0.39, 0.29) is 24.4 Å². The van der Waals surface area contributed by atoms with Gasteiger partial charge in [0.1, 0.15) is 6.26 Å². The number of anilines is 1.